The summed E-state index contributed by atoms with van der Waals surface area (Å²) < 4.78 is 41.1. The summed E-state index contributed by atoms with van der Waals surface area (Å²) in [6.45, 7) is 2.74. The largest absolute Gasteiger partial charge is 0.613 e. The Bertz CT molecular complexity index is 766. The van der Waals surface area contributed by atoms with E-state index in [4.69, 9.17) is 14.0 Å². The van der Waals surface area contributed by atoms with E-state index in [0.717, 1.165) is 16.8 Å². The molecule has 13 heteroatoms. The maximum absolute atomic E-state index is 13.3. The van der Waals surface area contributed by atoms with Gasteiger partial charge in [-0.3, -0.25) is 19.1 Å². The Labute approximate surface area is 160 Å². The Hall–Kier alpha value is -1.98. The molecular formula is C15H24FN3O8P+. The Morgan fingerprint density at radius 2 is 2.07 bits per heavy atom. The fraction of sp³-hybridized carbons (Fsp3) is 0.667. The highest BCUT2D eigenvalue weighted by Gasteiger charge is 2.28. The van der Waals surface area contributed by atoms with Gasteiger partial charge in [-0.05, 0) is 25.3 Å². The second-order valence-electron chi connectivity index (χ2n) is 5.97. The van der Waals surface area contributed by atoms with Gasteiger partial charge in [-0.2, -0.15) is 0 Å². The number of rotatable bonds is 12. The van der Waals surface area contributed by atoms with Crippen LogP contribution in [0, 0.1) is 0 Å². The van der Waals surface area contributed by atoms with E-state index in [9.17, 15) is 28.4 Å². The van der Waals surface area contributed by atoms with E-state index in [1.165, 1.54) is 6.92 Å². The highest BCUT2D eigenvalue weighted by atomic mass is 31.1. The molecule has 1 aromatic heterocycles. The van der Waals surface area contributed by atoms with Gasteiger partial charge in [-0.1, -0.05) is 5.09 Å². The van der Waals surface area contributed by atoms with Crippen molar-refractivity contribution < 1.29 is 32.9 Å². The van der Waals surface area contributed by atoms with Crippen LogP contribution >= 0.6 is 8.18 Å². The Morgan fingerprint density at radius 3 is 2.61 bits per heavy atom. The summed E-state index contributed by atoms with van der Waals surface area (Å²) in [7, 11) is -2.49. The van der Waals surface area contributed by atoms with Gasteiger partial charge in [0.2, 0.25) is 0 Å². The summed E-state index contributed by atoms with van der Waals surface area (Å²) in [5.74, 6) is -0.625. The molecule has 0 saturated heterocycles. The molecule has 0 saturated carbocycles. The van der Waals surface area contributed by atoms with Crippen molar-refractivity contribution in [2.45, 2.75) is 45.3 Å². The molecule has 1 aromatic rings. The molecule has 0 aliphatic heterocycles. The number of nitrogens with one attached hydrogen (secondary N) is 2. The normalized spacial score (nSPS) is 15.1. The zero-order valence-electron chi connectivity index (χ0n) is 15.7. The first-order valence-electron chi connectivity index (χ1n) is 8.38. The SMILES string of the molecule is CC(C)OC(=O)CN[P+](=O)OC[C@@H](O[C@H](CF)n1ccc(=O)[nH]c1=O)[C@H](C)O. The minimum Gasteiger partial charge on any atom is -0.462 e. The monoisotopic (exact) mass is 424 g/mol. The van der Waals surface area contributed by atoms with E-state index in [1.807, 2.05) is 4.98 Å². The standard InChI is InChI=1S/C15H23FN3O8P/c1-9(2)26-14(22)7-17-28(24)25-8-11(10(3)20)27-13(6-16)19-5-4-12(21)18-15(19)23/h4-5,9-11,13,20H,6-8H2,1-3H3,(H-,17,18,21,23,24)/p+1/t10-,11+,13+/m0/s1. The van der Waals surface area contributed by atoms with Crippen molar-refractivity contribution >= 4 is 14.1 Å². The van der Waals surface area contributed by atoms with Crippen LogP contribution in [0.3, 0.4) is 0 Å². The minimum atomic E-state index is -2.49. The molecule has 1 heterocycles. The van der Waals surface area contributed by atoms with Gasteiger partial charge < -0.3 is 14.6 Å². The van der Waals surface area contributed by atoms with E-state index >= 15 is 0 Å². The molecule has 1 unspecified atom stereocenters. The highest BCUT2D eigenvalue weighted by molar-refractivity contribution is 7.36. The first-order valence-corrected chi connectivity index (χ1v) is 9.56. The van der Waals surface area contributed by atoms with Crippen molar-refractivity contribution in [1.29, 1.82) is 0 Å². The average molecular weight is 424 g/mol. The Kier molecular flexibility index (Phi) is 10.1. The van der Waals surface area contributed by atoms with Crippen molar-refractivity contribution in [3.05, 3.63) is 33.1 Å². The lowest BCUT2D eigenvalue weighted by atomic mass is 10.2. The number of hydrogen-bond acceptors (Lipinski definition) is 8. The van der Waals surface area contributed by atoms with Crippen molar-refractivity contribution in [1.82, 2.24) is 14.6 Å². The van der Waals surface area contributed by atoms with Crippen LogP contribution in [0.4, 0.5) is 4.39 Å². The molecule has 0 bridgehead atoms. The number of alkyl halides is 1. The second-order valence-corrected chi connectivity index (χ2v) is 7.06. The topological polar surface area (TPSA) is 149 Å². The smallest absolute Gasteiger partial charge is 0.462 e. The third-order valence-electron chi connectivity index (χ3n) is 3.24. The number of ether oxygens (including phenoxy) is 2. The van der Waals surface area contributed by atoms with Gasteiger partial charge >= 0.3 is 19.8 Å². The summed E-state index contributed by atoms with van der Waals surface area (Å²) in [4.78, 5) is 36.2. The number of halogens is 1. The molecular weight excluding hydrogens is 400 g/mol. The molecule has 1 rings (SSSR count). The molecule has 0 aliphatic carbocycles. The number of carbonyl (C=O) groups is 1. The lowest BCUT2D eigenvalue weighted by Gasteiger charge is -2.24. The minimum absolute atomic E-state index is 0.324. The van der Waals surface area contributed by atoms with Gasteiger partial charge in [0.05, 0.1) is 12.2 Å². The number of H-pyrrole nitrogens is 1. The van der Waals surface area contributed by atoms with Crippen LogP contribution in [-0.2, 0) is 23.4 Å². The third-order valence-corrected chi connectivity index (χ3v) is 4.04. The maximum atomic E-state index is 13.3. The van der Waals surface area contributed by atoms with Gasteiger partial charge in [0.25, 0.3) is 5.56 Å². The van der Waals surface area contributed by atoms with E-state index in [-0.39, 0.29) is 12.6 Å². The maximum Gasteiger partial charge on any atom is 0.613 e. The van der Waals surface area contributed by atoms with Crippen LogP contribution < -0.4 is 16.3 Å². The quantitative estimate of drug-likeness (QED) is 0.311. The van der Waals surface area contributed by atoms with Crippen LogP contribution in [0.15, 0.2) is 21.9 Å². The highest BCUT2D eigenvalue weighted by Crippen LogP contribution is 2.20. The molecule has 0 amide bonds. The Morgan fingerprint density at radius 1 is 1.39 bits per heavy atom. The van der Waals surface area contributed by atoms with Crippen molar-refractivity contribution in [2.75, 3.05) is 19.8 Å². The number of aromatic nitrogens is 2. The summed E-state index contributed by atoms with van der Waals surface area (Å²) in [5.41, 5.74) is -1.55. The average Bonchev–Trinajstić information content (AvgIpc) is 2.60. The van der Waals surface area contributed by atoms with Gasteiger partial charge in [0, 0.05) is 12.3 Å². The van der Waals surface area contributed by atoms with Gasteiger partial charge in [0.15, 0.2) is 6.23 Å². The van der Waals surface area contributed by atoms with E-state index in [2.05, 4.69) is 5.09 Å². The molecule has 3 N–H and O–H groups in total. The van der Waals surface area contributed by atoms with Crippen LogP contribution in [0.5, 0.6) is 0 Å². The lowest BCUT2D eigenvalue weighted by Crippen LogP contribution is -2.39. The van der Waals surface area contributed by atoms with E-state index in [0.29, 0.717) is 0 Å². The van der Waals surface area contributed by atoms with Crippen LogP contribution in [0.1, 0.15) is 27.0 Å². The molecule has 0 aliphatic rings. The van der Waals surface area contributed by atoms with Crippen molar-refractivity contribution in [3.63, 3.8) is 0 Å². The van der Waals surface area contributed by atoms with Crippen LogP contribution in [0.2, 0.25) is 0 Å². The fourth-order valence-corrected chi connectivity index (χ4v) is 2.58. The van der Waals surface area contributed by atoms with Gasteiger partial charge in [-0.15, -0.1) is 4.52 Å². The predicted octanol–water partition coefficient (Wildman–Crippen LogP) is -0.0141. The van der Waals surface area contributed by atoms with Gasteiger partial charge in [0.1, 0.15) is 25.9 Å². The first-order chi connectivity index (χ1) is 13.1. The van der Waals surface area contributed by atoms with Crippen LogP contribution in [0.25, 0.3) is 0 Å². The van der Waals surface area contributed by atoms with E-state index in [1.54, 1.807) is 13.8 Å². The summed E-state index contributed by atoms with van der Waals surface area (Å²) in [6.07, 6.45) is -3.03. The first kappa shape index (κ1) is 24.1. The number of esters is 1. The van der Waals surface area contributed by atoms with E-state index < -0.39 is 57.1 Å². The zero-order chi connectivity index (χ0) is 21.3. The van der Waals surface area contributed by atoms with Crippen LogP contribution in [-0.4, -0.2) is 58.8 Å². The molecule has 0 spiro atoms. The summed E-state index contributed by atoms with van der Waals surface area (Å²) >= 11 is 0. The summed E-state index contributed by atoms with van der Waals surface area (Å²) in [5, 5.41) is 12.1. The fourth-order valence-electron chi connectivity index (χ4n) is 1.94. The zero-order valence-corrected chi connectivity index (χ0v) is 16.6. The molecule has 28 heavy (non-hydrogen) atoms. The molecule has 4 atom stereocenters. The number of aromatic amines is 1. The van der Waals surface area contributed by atoms with Crippen molar-refractivity contribution in [3.8, 4) is 0 Å². The molecule has 0 aromatic carbocycles. The predicted molar refractivity (Wildman–Crippen MR) is 95.7 cm³/mol. The third kappa shape index (κ3) is 8.36. The molecule has 158 valence electrons. The lowest BCUT2D eigenvalue weighted by molar-refractivity contribution is -0.145. The number of nitrogens with zero attached hydrogens (tertiary/aromatic N) is 1. The molecule has 11 nitrogen and oxygen atoms in total. The molecule has 0 fully saturated rings. The van der Waals surface area contributed by atoms with Gasteiger partial charge in [-0.25, -0.2) is 9.18 Å². The second kappa shape index (κ2) is 11.8. The number of aliphatic hydroxyl groups is 1. The Balaban J connectivity index is 2.64. The summed E-state index contributed by atoms with van der Waals surface area (Å²) in [6, 6.07) is 1.01. The van der Waals surface area contributed by atoms with Crippen molar-refractivity contribution in [2.24, 2.45) is 0 Å². The number of carbonyl (C=O) groups excluding carboxylic acids is 1. The molecule has 0 radical (unpaired) electrons. The number of hydrogen-bond donors (Lipinski definition) is 3. The number of aliphatic hydroxyl groups excluding tert-OH is 1.